The lowest BCUT2D eigenvalue weighted by Crippen LogP contribution is -2.12. The Morgan fingerprint density at radius 2 is 1.86 bits per heavy atom. The first kappa shape index (κ1) is 26.5. The van der Waals surface area contributed by atoms with Crippen molar-refractivity contribution in [3.63, 3.8) is 0 Å². The van der Waals surface area contributed by atoms with Crippen LogP contribution in [-0.2, 0) is 17.1 Å². The number of hydrogen-bond donors (Lipinski definition) is 1. The van der Waals surface area contributed by atoms with Gasteiger partial charge in [0.2, 0.25) is 0 Å². The molecule has 196 valence electrons. The number of nitrogens with one attached hydrogen (secondary N) is 1. The number of ether oxygens (including phenoxy) is 1. The molecule has 0 amide bonds. The summed E-state index contributed by atoms with van der Waals surface area (Å²) in [5, 5.41) is 3.70. The average Bonchev–Trinajstić information content (AvgIpc) is 3.44. The summed E-state index contributed by atoms with van der Waals surface area (Å²) >= 11 is 1.08. The topological polar surface area (TPSA) is 93.9 Å². The van der Waals surface area contributed by atoms with Gasteiger partial charge in [-0.25, -0.2) is 9.78 Å². The second-order valence-corrected chi connectivity index (χ2v) is 8.93. The van der Waals surface area contributed by atoms with Crippen LogP contribution in [0, 0.1) is 6.92 Å². The SMILES string of the molecule is CCCOC(c1ccc(-c2noc(=O)[nH]2)c(C(F)(F)F)c1)c1sc(-c2ccc(C(F)(F)F)nc2)nc1C. The summed E-state index contributed by atoms with van der Waals surface area (Å²) in [5.74, 6) is -1.37. The number of pyridine rings is 1. The van der Waals surface area contributed by atoms with Gasteiger partial charge in [0.05, 0.1) is 16.1 Å². The Kier molecular flexibility index (Phi) is 7.24. The maximum atomic E-state index is 14.0. The van der Waals surface area contributed by atoms with E-state index in [0.29, 0.717) is 27.6 Å². The second-order valence-electron chi connectivity index (χ2n) is 7.90. The van der Waals surface area contributed by atoms with Gasteiger partial charge < -0.3 is 4.74 Å². The van der Waals surface area contributed by atoms with Gasteiger partial charge in [-0.2, -0.15) is 26.3 Å². The number of rotatable bonds is 7. The zero-order valence-electron chi connectivity index (χ0n) is 19.2. The summed E-state index contributed by atoms with van der Waals surface area (Å²) in [4.78, 5) is 21.7. The predicted octanol–water partition coefficient (Wildman–Crippen LogP) is 6.41. The normalized spacial score (nSPS) is 13.2. The zero-order valence-corrected chi connectivity index (χ0v) is 20.0. The quantitative estimate of drug-likeness (QED) is 0.270. The van der Waals surface area contributed by atoms with Crippen molar-refractivity contribution in [2.24, 2.45) is 0 Å². The monoisotopic (exact) mass is 544 g/mol. The van der Waals surface area contributed by atoms with Crippen molar-refractivity contribution in [3.05, 3.63) is 74.5 Å². The summed E-state index contributed by atoms with van der Waals surface area (Å²) in [6.45, 7) is 3.69. The highest BCUT2D eigenvalue weighted by atomic mass is 32.1. The molecule has 3 aromatic heterocycles. The van der Waals surface area contributed by atoms with Gasteiger partial charge in [-0.05, 0) is 37.1 Å². The summed E-state index contributed by atoms with van der Waals surface area (Å²) < 4.78 is 90.8. The maximum Gasteiger partial charge on any atom is 0.439 e. The molecule has 0 aliphatic rings. The molecule has 0 aliphatic heterocycles. The Labute approximate surface area is 209 Å². The van der Waals surface area contributed by atoms with Gasteiger partial charge >= 0.3 is 18.1 Å². The molecule has 0 saturated heterocycles. The number of alkyl halides is 6. The number of nitrogens with zero attached hydrogens (tertiary/aromatic N) is 3. The van der Waals surface area contributed by atoms with Crippen LogP contribution in [0.1, 0.15) is 46.8 Å². The van der Waals surface area contributed by atoms with Crippen LogP contribution in [0.5, 0.6) is 0 Å². The molecule has 1 atom stereocenters. The van der Waals surface area contributed by atoms with Gasteiger partial charge in [-0.1, -0.05) is 24.2 Å². The molecule has 0 radical (unpaired) electrons. The Balaban J connectivity index is 1.77. The molecule has 0 bridgehead atoms. The number of aromatic nitrogens is 4. The van der Waals surface area contributed by atoms with E-state index in [2.05, 4.69) is 24.6 Å². The molecule has 1 N–H and O–H groups in total. The van der Waals surface area contributed by atoms with E-state index >= 15 is 0 Å². The van der Waals surface area contributed by atoms with Crippen LogP contribution in [0.3, 0.4) is 0 Å². The van der Waals surface area contributed by atoms with E-state index in [1.807, 2.05) is 6.92 Å². The van der Waals surface area contributed by atoms with Crippen LogP contribution in [0.25, 0.3) is 22.0 Å². The molecule has 0 fully saturated rings. The van der Waals surface area contributed by atoms with Crippen LogP contribution in [0.15, 0.2) is 45.8 Å². The highest BCUT2D eigenvalue weighted by Gasteiger charge is 2.36. The largest absolute Gasteiger partial charge is 0.439 e. The molecule has 0 spiro atoms. The van der Waals surface area contributed by atoms with Crippen LogP contribution in [-0.4, -0.2) is 26.7 Å². The van der Waals surface area contributed by atoms with E-state index in [-0.39, 0.29) is 23.6 Å². The lowest BCUT2D eigenvalue weighted by Gasteiger charge is -2.20. The van der Waals surface area contributed by atoms with E-state index in [1.165, 1.54) is 12.1 Å². The third kappa shape index (κ3) is 5.74. The Morgan fingerprint density at radius 1 is 1.11 bits per heavy atom. The molecule has 4 aromatic rings. The minimum atomic E-state index is -4.80. The minimum Gasteiger partial charge on any atom is -0.368 e. The third-order valence-corrected chi connectivity index (χ3v) is 6.46. The molecular formula is C23H18F6N4O3S. The fraction of sp³-hybridized carbons (Fsp3) is 0.304. The number of aryl methyl sites for hydroxylation is 1. The molecule has 7 nitrogen and oxygen atoms in total. The highest BCUT2D eigenvalue weighted by Crippen LogP contribution is 2.41. The van der Waals surface area contributed by atoms with E-state index in [4.69, 9.17) is 4.74 Å². The number of hydrogen-bond acceptors (Lipinski definition) is 7. The number of H-pyrrole nitrogens is 1. The fourth-order valence-electron chi connectivity index (χ4n) is 3.53. The average molecular weight is 544 g/mol. The Morgan fingerprint density at radius 3 is 2.43 bits per heavy atom. The highest BCUT2D eigenvalue weighted by molar-refractivity contribution is 7.15. The lowest BCUT2D eigenvalue weighted by atomic mass is 9.98. The first-order valence-corrected chi connectivity index (χ1v) is 11.6. The first-order valence-electron chi connectivity index (χ1n) is 10.8. The molecular weight excluding hydrogens is 526 g/mol. The van der Waals surface area contributed by atoms with Gasteiger partial charge in [0.15, 0.2) is 5.82 Å². The van der Waals surface area contributed by atoms with E-state index in [1.54, 1.807) is 6.92 Å². The van der Waals surface area contributed by atoms with Crippen molar-refractivity contribution in [2.75, 3.05) is 6.61 Å². The van der Waals surface area contributed by atoms with Crippen molar-refractivity contribution >= 4 is 11.3 Å². The van der Waals surface area contributed by atoms with Crippen LogP contribution >= 0.6 is 11.3 Å². The van der Waals surface area contributed by atoms with E-state index in [9.17, 15) is 31.1 Å². The van der Waals surface area contributed by atoms with Gasteiger partial charge in [0.1, 0.15) is 16.8 Å². The zero-order chi connectivity index (χ0) is 27.0. The number of aromatic amines is 1. The molecule has 3 heterocycles. The van der Waals surface area contributed by atoms with Crippen LogP contribution < -0.4 is 5.76 Å². The summed E-state index contributed by atoms with van der Waals surface area (Å²) in [5.41, 5.74) is -1.56. The minimum absolute atomic E-state index is 0.166. The van der Waals surface area contributed by atoms with Crippen molar-refractivity contribution in [2.45, 2.75) is 38.7 Å². The van der Waals surface area contributed by atoms with Crippen LogP contribution in [0.4, 0.5) is 26.3 Å². The van der Waals surface area contributed by atoms with Gasteiger partial charge in [-0.15, -0.1) is 11.3 Å². The maximum absolute atomic E-state index is 14.0. The number of benzene rings is 1. The lowest BCUT2D eigenvalue weighted by molar-refractivity contribution is -0.141. The summed E-state index contributed by atoms with van der Waals surface area (Å²) in [6, 6.07) is 5.54. The van der Waals surface area contributed by atoms with E-state index < -0.39 is 35.5 Å². The summed E-state index contributed by atoms with van der Waals surface area (Å²) in [6.07, 6.45) is -8.71. The summed E-state index contributed by atoms with van der Waals surface area (Å²) in [7, 11) is 0. The standard InChI is InChI=1S/C23H18F6N4O3S/c1-3-8-35-17(12-4-6-14(15(9-12)22(24,25)26)19-32-21(34)36-33-19)18-11(2)31-20(37-18)13-5-7-16(30-10-13)23(27,28)29/h4-7,9-10,17H,3,8H2,1-2H3,(H,32,33,34). The van der Waals surface area contributed by atoms with Crippen LogP contribution in [0.2, 0.25) is 0 Å². The molecule has 1 unspecified atom stereocenters. The van der Waals surface area contributed by atoms with Gasteiger partial charge in [0, 0.05) is 23.9 Å². The second kappa shape index (κ2) is 10.1. The molecule has 0 saturated carbocycles. The number of halogens is 6. The Hall–Kier alpha value is -3.52. The third-order valence-electron chi connectivity index (χ3n) is 5.21. The van der Waals surface area contributed by atoms with Gasteiger partial charge in [-0.3, -0.25) is 14.5 Å². The first-order chi connectivity index (χ1) is 17.4. The molecule has 4 rings (SSSR count). The predicted molar refractivity (Wildman–Crippen MR) is 121 cm³/mol. The van der Waals surface area contributed by atoms with Crippen molar-refractivity contribution in [3.8, 4) is 22.0 Å². The smallest absolute Gasteiger partial charge is 0.368 e. The van der Waals surface area contributed by atoms with Crippen molar-refractivity contribution in [1.29, 1.82) is 0 Å². The van der Waals surface area contributed by atoms with Crippen molar-refractivity contribution < 1.29 is 35.6 Å². The molecule has 37 heavy (non-hydrogen) atoms. The number of thiazole rings is 1. The Bertz CT molecular complexity index is 1440. The van der Waals surface area contributed by atoms with E-state index in [0.717, 1.165) is 35.7 Å². The fourth-order valence-corrected chi connectivity index (χ4v) is 4.67. The molecule has 1 aromatic carbocycles. The molecule has 0 aliphatic carbocycles. The van der Waals surface area contributed by atoms with Gasteiger partial charge in [0.25, 0.3) is 0 Å². The molecule has 14 heteroatoms. The van der Waals surface area contributed by atoms with Crippen molar-refractivity contribution in [1.82, 2.24) is 20.1 Å².